The van der Waals surface area contributed by atoms with Crippen molar-refractivity contribution in [1.82, 2.24) is 0 Å². The second-order valence-electron chi connectivity index (χ2n) is 2.84. The van der Waals surface area contributed by atoms with Gasteiger partial charge >= 0.3 is 0 Å². The number of nitrogens with two attached hydrogens (primary N) is 1. The first-order valence-electron chi connectivity index (χ1n) is 3.50. The Morgan fingerprint density at radius 1 is 1.45 bits per heavy atom. The maximum absolute atomic E-state index is 10.4. The predicted molar refractivity (Wildman–Crippen MR) is 43.6 cm³/mol. The molecule has 11 heavy (non-hydrogen) atoms. The quantitative estimate of drug-likeness (QED) is 0.604. The molecule has 0 aliphatic heterocycles. The van der Waals surface area contributed by atoms with Gasteiger partial charge in [0.05, 0.1) is 12.4 Å². The van der Waals surface area contributed by atoms with E-state index in [1.165, 1.54) is 0 Å². The Hall–Kier alpha value is -0.130. The topological polar surface area (TPSA) is 69.4 Å². The molecule has 68 valence electrons. The number of ether oxygens (including phenoxy) is 1. The maximum Gasteiger partial charge on any atom is 0.211 e. The van der Waals surface area contributed by atoms with Crippen molar-refractivity contribution in [2.24, 2.45) is 11.1 Å². The van der Waals surface area contributed by atoms with Gasteiger partial charge in [0.1, 0.15) is 0 Å². The summed E-state index contributed by atoms with van der Waals surface area (Å²) in [6.07, 6.45) is 0. The second kappa shape index (κ2) is 4.69. The number of rotatable bonds is 5. The monoisotopic (exact) mass is 181 g/mol. The summed E-state index contributed by atoms with van der Waals surface area (Å²) < 4.78 is 25.8. The van der Waals surface area contributed by atoms with E-state index < -0.39 is 10.0 Å². The Kier molecular flexibility index (Phi) is 4.63. The Morgan fingerprint density at radius 2 is 2.00 bits per heavy atom. The molecule has 0 amide bonds. The van der Waals surface area contributed by atoms with Crippen molar-refractivity contribution in [2.45, 2.75) is 13.8 Å². The molecule has 0 fully saturated rings. The Bertz CT molecular complexity index is 186. The van der Waals surface area contributed by atoms with E-state index in [0.29, 0.717) is 12.5 Å². The summed E-state index contributed by atoms with van der Waals surface area (Å²) in [7, 11) is -3.35. The molecule has 0 spiro atoms. The van der Waals surface area contributed by atoms with Crippen molar-refractivity contribution in [1.29, 1.82) is 0 Å². The van der Waals surface area contributed by atoms with E-state index in [0.717, 1.165) is 0 Å². The normalized spacial score (nSPS) is 12.4. The lowest BCUT2D eigenvalue weighted by Crippen LogP contribution is -2.20. The van der Waals surface area contributed by atoms with Gasteiger partial charge in [0.15, 0.2) is 0 Å². The molecule has 0 aromatic carbocycles. The van der Waals surface area contributed by atoms with Crippen molar-refractivity contribution < 1.29 is 13.2 Å². The third-order valence-corrected chi connectivity index (χ3v) is 1.70. The molecule has 0 bridgehead atoms. The van der Waals surface area contributed by atoms with Crippen LogP contribution in [0.25, 0.3) is 0 Å². The number of primary sulfonamides is 1. The summed E-state index contributed by atoms with van der Waals surface area (Å²) in [5.74, 6) is 0.329. The van der Waals surface area contributed by atoms with Gasteiger partial charge in [-0.15, -0.1) is 0 Å². The molecule has 0 aromatic heterocycles. The molecule has 5 heteroatoms. The summed E-state index contributed by atoms with van der Waals surface area (Å²) in [6.45, 7) is 4.76. The van der Waals surface area contributed by atoms with Crippen LogP contribution in [-0.2, 0) is 14.8 Å². The minimum atomic E-state index is -3.35. The lowest BCUT2D eigenvalue weighted by molar-refractivity contribution is 0.123. The standard InChI is InChI=1S/C6H15NO3S/c1-6(2)5-10-3-4-11(7,8)9/h6H,3-5H2,1-2H3,(H2,7,8,9). The first-order valence-corrected chi connectivity index (χ1v) is 5.21. The molecule has 0 aliphatic carbocycles. The fourth-order valence-electron chi connectivity index (χ4n) is 0.494. The average Bonchev–Trinajstić information content (AvgIpc) is 1.78. The average molecular weight is 181 g/mol. The summed E-state index contributed by atoms with van der Waals surface area (Å²) in [6, 6.07) is 0. The third kappa shape index (κ3) is 9.87. The van der Waals surface area contributed by atoms with Crippen LogP contribution >= 0.6 is 0 Å². The van der Waals surface area contributed by atoms with Crippen LogP contribution in [0.2, 0.25) is 0 Å². The van der Waals surface area contributed by atoms with E-state index in [4.69, 9.17) is 9.88 Å². The van der Waals surface area contributed by atoms with E-state index in [-0.39, 0.29) is 12.4 Å². The van der Waals surface area contributed by atoms with Crippen molar-refractivity contribution in [3.8, 4) is 0 Å². The van der Waals surface area contributed by atoms with Gasteiger partial charge < -0.3 is 4.74 Å². The Balaban J connectivity index is 3.30. The largest absolute Gasteiger partial charge is 0.380 e. The van der Waals surface area contributed by atoms with Crippen molar-refractivity contribution in [2.75, 3.05) is 19.0 Å². The zero-order valence-electron chi connectivity index (χ0n) is 6.91. The summed E-state index contributed by atoms with van der Waals surface area (Å²) in [4.78, 5) is 0. The lowest BCUT2D eigenvalue weighted by atomic mass is 10.2. The minimum Gasteiger partial charge on any atom is -0.380 e. The van der Waals surface area contributed by atoms with Crippen LogP contribution in [0.1, 0.15) is 13.8 Å². The number of sulfonamides is 1. The second-order valence-corrected chi connectivity index (χ2v) is 4.57. The molecule has 2 N–H and O–H groups in total. The first kappa shape index (κ1) is 10.9. The molecule has 0 aromatic rings. The SMILES string of the molecule is CC(C)COCCS(N)(=O)=O. The zero-order chi connectivity index (χ0) is 8.91. The van der Waals surface area contributed by atoms with Crippen molar-refractivity contribution in [3.05, 3.63) is 0 Å². The van der Waals surface area contributed by atoms with E-state index in [2.05, 4.69) is 0 Å². The first-order chi connectivity index (χ1) is 4.92. The van der Waals surface area contributed by atoms with E-state index in [9.17, 15) is 8.42 Å². The smallest absolute Gasteiger partial charge is 0.211 e. The highest BCUT2D eigenvalue weighted by atomic mass is 32.2. The van der Waals surface area contributed by atoms with Crippen LogP contribution in [0.5, 0.6) is 0 Å². The van der Waals surface area contributed by atoms with Gasteiger partial charge in [0, 0.05) is 6.61 Å². The molecule has 0 aliphatic rings. The molecule has 4 nitrogen and oxygen atoms in total. The maximum atomic E-state index is 10.4. The number of hydrogen-bond donors (Lipinski definition) is 1. The van der Waals surface area contributed by atoms with E-state index in [1.807, 2.05) is 13.8 Å². The third-order valence-electron chi connectivity index (χ3n) is 0.963. The number of hydrogen-bond acceptors (Lipinski definition) is 3. The van der Waals surface area contributed by atoms with Crippen LogP contribution in [0, 0.1) is 5.92 Å². The van der Waals surface area contributed by atoms with Gasteiger partial charge in [-0.1, -0.05) is 13.8 Å². The van der Waals surface area contributed by atoms with Gasteiger partial charge in [-0.25, -0.2) is 13.6 Å². The highest BCUT2D eigenvalue weighted by Crippen LogP contribution is 1.92. The summed E-state index contributed by atoms with van der Waals surface area (Å²) in [5.41, 5.74) is 0. The molecule has 0 radical (unpaired) electrons. The van der Waals surface area contributed by atoms with Gasteiger partial charge in [-0.2, -0.15) is 0 Å². The molecule has 0 heterocycles. The lowest BCUT2D eigenvalue weighted by Gasteiger charge is -2.04. The molecule has 0 saturated heterocycles. The van der Waals surface area contributed by atoms with E-state index in [1.54, 1.807) is 0 Å². The molecule has 0 atom stereocenters. The molecule has 0 saturated carbocycles. The van der Waals surface area contributed by atoms with Gasteiger partial charge in [0.25, 0.3) is 0 Å². The van der Waals surface area contributed by atoms with Crippen LogP contribution in [0.4, 0.5) is 0 Å². The predicted octanol–water partition coefficient (Wildman–Crippen LogP) is -0.0525. The van der Waals surface area contributed by atoms with Crippen LogP contribution in [-0.4, -0.2) is 27.4 Å². The Morgan fingerprint density at radius 3 is 2.36 bits per heavy atom. The zero-order valence-corrected chi connectivity index (χ0v) is 7.73. The molecule has 0 unspecified atom stereocenters. The van der Waals surface area contributed by atoms with Crippen LogP contribution in [0.15, 0.2) is 0 Å². The fourth-order valence-corrected chi connectivity index (χ4v) is 0.844. The van der Waals surface area contributed by atoms with Gasteiger partial charge in [0.2, 0.25) is 10.0 Å². The van der Waals surface area contributed by atoms with Crippen LogP contribution < -0.4 is 5.14 Å². The summed E-state index contributed by atoms with van der Waals surface area (Å²) in [5, 5.41) is 4.74. The fraction of sp³-hybridized carbons (Fsp3) is 1.00. The highest BCUT2D eigenvalue weighted by molar-refractivity contribution is 7.89. The highest BCUT2D eigenvalue weighted by Gasteiger charge is 2.01. The Labute approximate surface area is 67.8 Å². The van der Waals surface area contributed by atoms with Crippen molar-refractivity contribution >= 4 is 10.0 Å². The minimum absolute atomic E-state index is 0.0975. The molecular weight excluding hydrogens is 166 g/mol. The van der Waals surface area contributed by atoms with Gasteiger partial charge in [-0.05, 0) is 5.92 Å². The van der Waals surface area contributed by atoms with Crippen molar-refractivity contribution in [3.63, 3.8) is 0 Å². The van der Waals surface area contributed by atoms with E-state index >= 15 is 0 Å². The molecular formula is C6H15NO3S. The molecule has 0 rings (SSSR count). The van der Waals surface area contributed by atoms with Crippen LogP contribution in [0.3, 0.4) is 0 Å². The summed E-state index contributed by atoms with van der Waals surface area (Å²) >= 11 is 0. The van der Waals surface area contributed by atoms with Gasteiger partial charge in [-0.3, -0.25) is 0 Å².